The summed E-state index contributed by atoms with van der Waals surface area (Å²) in [6.07, 6.45) is 0. The molecule has 0 saturated carbocycles. The third-order valence-electron chi connectivity index (χ3n) is 5.29. The van der Waals surface area contributed by atoms with E-state index in [0.29, 0.717) is 11.3 Å². The summed E-state index contributed by atoms with van der Waals surface area (Å²) in [6, 6.07) is 21.5. The van der Waals surface area contributed by atoms with Gasteiger partial charge in [0.2, 0.25) is 0 Å². The Bertz CT molecular complexity index is 1160. The highest BCUT2D eigenvalue weighted by Gasteiger charge is 2.18. The Morgan fingerprint density at radius 2 is 1.70 bits per heavy atom. The maximum Gasteiger partial charge on any atom is 0.255 e. The molecule has 1 amide bonds. The Morgan fingerprint density at radius 3 is 2.37 bits per heavy atom. The first-order valence-electron chi connectivity index (χ1n) is 9.96. The molecule has 1 heterocycles. The first-order valence-corrected chi connectivity index (χ1v) is 9.96. The van der Waals surface area contributed by atoms with E-state index in [4.69, 9.17) is 9.26 Å². The summed E-state index contributed by atoms with van der Waals surface area (Å²) >= 11 is 0. The zero-order chi connectivity index (χ0) is 21.1. The Labute approximate surface area is 175 Å². The van der Waals surface area contributed by atoms with Crippen LogP contribution in [-0.4, -0.2) is 11.1 Å². The van der Waals surface area contributed by atoms with Crippen LogP contribution in [0.2, 0.25) is 0 Å². The highest BCUT2D eigenvalue weighted by atomic mass is 16.5. The van der Waals surface area contributed by atoms with E-state index >= 15 is 0 Å². The average molecular weight is 400 g/mol. The van der Waals surface area contributed by atoms with Crippen molar-refractivity contribution in [1.82, 2.24) is 10.5 Å². The molecule has 5 nitrogen and oxygen atoms in total. The van der Waals surface area contributed by atoms with Gasteiger partial charge >= 0.3 is 0 Å². The van der Waals surface area contributed by atoms with Gasteiger partial charge in [0.25, 0.3) is 5.91 Å². The Morgan fingerprint density at radius 1 is 1.03 bits per heavy atom. The number of hydrogen-bond acceptors (Lipinski definition) is 4. The van der Waals surface area contributed by atoms with E-state index in [2.05, 4.69) is 10.5 Å². The molecule has 0 bridgehead atoms. The highest BCUT2D eigenvalue weighted by molar-refractivity contribution is 6.01. The number of aryl methyl sites for hydroxylation is 2. The Hall–Kier alpha value is -3.60. The zero-order valence-electron chi connectivity index (χ0n) is 17.3. The molecule has 1 atom stereocenters. The number of nitrogens with one attached hydrogen (secondary N) is 1. The normalized spacial score (nSPS) is 12.0. The minimum absolute atomic E-state index is 0.124. The highest BCUT2D eigenvalue weighted by Crippen LogP contribution is 2.28. The van der Waals surface area contributed by atoms with Crippen molar-refractivity contribution in [2.75, 3.05) is 0 Å². The lowest BCUT2D eigenvalue weighted by Crippen LogP contribution is -2.27. The van der Waals surface area contributed by atoms with Crippen molar-refractivity contribution in [3.8, 4) is 5.75 Å². The van der Waals surface area contributed by atoms with Gasteiger partial charge in [-0.05, 0) is 49.2 Å². The van der Waals surface area contributed by atoms with Crippen LogP contribution >= 0.6 is 0 Å². The molecule has 4 rings (SSSR count). The molecule has 30 heavy (non-hydrogen) atoms. The number of rotatable bonds is 6. The Balaban J connectivity index is 1.64. The molecule has 0 saturated heterocycles. The van der Waals surface area contributed by atoms with Crippen LogP contribution in [0.1, 0.15) is 45.9 Å². The number of benzene rings is 3. The molecule has 5 heteroatoms. The largest absolute Gasteiger partial charge is 0.488 e. The van der Waals surface area contributed by atoms with E-state index in [-0.39, 0.29) is 18.6 Å². The number of amides is 1. The fourth-order valence-electron chi connectivity index (χ4n) is 3.47. The minimum atomic E-state index is -0.175. The van der Waals surface area contributed by atoms with Crippen LogP contribution in [0.15, 0.2) is 71.3 Å². The predicted molar refractivity (Wildman–Crippen MR) is 117 cm³/mol. The molecule has 1 aromatic heterocycles. The second kappa shape index (κ2) is 8.41. The first-order chi connectivity index (χ1) is 14.5. The molecule has 0 spiro atoms. The zero-order valence-corrected chi connectivity index (χ0v) is 17.3. The van der Waals surface area contributed by atoms with E-state index in [9.17, 15) is 4.79 Å². The summed E-state index contributed by atoms with van der Waals surface area (Å²) in [7, 11) is 0. The molecular formula is C25H24N2O3. The topological polar surface area (TPSA) is 64.4 Å². The van der Waals surface area contributed by atoms with Gasteiger partial charge in [-0.1, -0.05) is 59.8 Å². The summed E-state index contributed by atoms with van der Waals surface area (Å²) in [5.74, 6) is 1.08. The number of hydrogen-bond donors (Lipinski definition) is 1. The number of carbonyl (C=O) groups is 1. The van der Waals surface area contributed by atoms with Gasteiger partial charge in [-0.3, -0.25) is 4.79 Å². The van der Waals surface area contributed by atoms with Gasteiger partial charge in [-0.2, -0.15) is 0 Å². The number of aromatic nitrogens is 1. The van der Waals surface area contributed by atoms with Gasteiger partial charge < -0.3 is 14.6 Å². The fraction of sp³-hybridized carbons (Fsp3) is 0.200. The number of nitrogens with zero attached hydrogens (tertiary/aromatic N) is 1. The van der Waals surface area contributed by atoms with Gasteiger partial charge in [-0.25, -0.2) is 0 Å². The average Bonchev–Trinajstić information content (AvgIpc) is 3.09. The van der Waals surface area contributed by atoms with Crippen molar-refractivity contribution < 1.29 is 14.1 Å². The molecule has 152 valence electrons. The van der Waals surface area contributed by atoms with E-state index in [1.54, 1.807) is 0 Å². The van der Waals surface area contributed by atoms with Gasteiger partial charge in [0, 0.05) is 0 Å². The predicted octanol–water partition coefficient (Wildman–Crippen LogP) is 5.51. The van der Waals surface area contributed by atoms with E-state index in [1.807, 2.05) is 87.5 Å². The number of carbonyl (C=O) groups excluding carboxylic acids is 1. The lowest BCUT2D eigenvalue weighted by molar-refractivity contribution is 0.0935. The van der Waals surface area contributed by atoms with Gasteiger partial charge in [-0.15, -0.1) is 0 Å². The van der Waals surface area contributed by atoms with Crippen LogP contribution in [-0.2, 0) is 6.61 Å². The first kappa shape index (κ1) is 19.7. The van der Waals surface area contributed by atoms with E-state index < -0.39 is 0 Å². The Kier molecular flexibility index (Phi) is 5.53. The second-order valence-corrected chi connectivity index (χ2v) is 7.39. The maximum atomic E-state index is 13.2. The molecular weight excluding hydrogens is 376 g/mol. The molecule has 0 radical (unpaired) electrons. The van der Waals surface area contributed by atoms with Crippen LogP contribution in [0.3, 0.4) is 0 Å². The van der Waals surface area contributed by atoms with Crippen LogP contribution in [0.4, 0.5) is 0 Å². The van der Waals surface area contributed by atoms with Crippen LogP contribution < -0.4 is 10.1 Å². The van der Waals surface area contributed by atoms with E-state index in [0.717, 1.165) is 33.4 Å². The quantitative estimate of drug-likeness (QED) is 0.463. The summed E-state index contributed by atoms with van der Waals surface area (Å²) in [6.45, 7) is 5.99. The second-order valence-electron chi connectivity index (χ2n) is 7.39. The van der Waals surface area contributed by atoms with Gasteiger partial charge in [0.05, 0.1) is 22.9 Å². The molecule has 3 aromatic carbocycles. The monoisotopic (exact) mass is 400 g/mol. The summed E-state index contributed by atoms with van der Waals surface area (Å²) in [5.41, 5.74) is 3.23. The lowest BCUT2D eigenvalue weighted by atomic mass is 10.0. The van der Waals surface area contributed by atoms with Crippen LogP contribution in [0, 0.1) is 13.8 Å². The maximum absolute atomic E-state index is 13.2. The molecule has 0 aliphatic heterocycles. The number of fused-ring (bicyclic) bond motifs is 1. The van der Waals surface area contributed by atoms with Crippen molar-refractivity contribution in [2.45, 2.75) is 33.4 Å². The van der Waals surface area contributed by atoms with Crippen LogP contribution in [0.5, 0.6) is 5.75 Å². The van der Waals surface area contributed by atoms with Crippen molar-refractivity contribution in [1.29, 1.82) is 0 Å². The molecule has 0 fully saturated rings. The van der Waals surface area contributed by atoms with Crippen LogP contribution in [0.25, 0.3) is 10.8 Å². The van der Waals surface area contributed by atoms with Crippen molar-refractivity contribution in [3.05, 3.63) is 94.9 Å². The van der Waals surface area contributed by atoms with Crippen molar-refractivity contribution in [2.24, 2.45) is 0 Å². The van der Waals surface area contributed by atoms with E-state index in [1.165, 1.54) is 0 Å². The lowest BCUT2D eigenvalue weighted by Gasteiger charge is -2.17. The fourth-order valence-corrected chi connectivity index (χ4v) is 3.47. The standard InChI is InChI=1S/C25H24N2O3/c1-16(19-9-5-4-6-10-19)26-25(28)22-13-20-11-7-8-12-21(20)14-24(22)29-15-23-17(2)27-30-18(23)3/h4-14,16H,15H2,1-3H3,(H,26,28). The molecule has 4 aromatic rings. The van der Waals surface area contributed by atoms with Crippen molar-refractivity contribution >= 4 is 16.7 Å². The summed E-state index contributed by atoms with van der Waals surface area (Å²) in [4.78, 5) is 13.2. The van der Waals surface area contributed by atoms with Crippen molar-refractivity contribution in [3.63, 3.8) is 0 Å². The molecule has 0 aliphatic carbocycles. The SMILES string of the molecule is Cc1noc(C)c1COc1cc2ccccc2cc1C(=O)NC(C)c1ccccc1. The van der Waals surface area contributed by atoms with Gasteiger partial charge in [0.1, 0.15) is 18.1 Å². The summed E-state index contributed by atoms with van der Waals surface area (Å²) < 4.78 is 11.3. The number of ether oxygens (including phenoxy) is 1. The molecule has 1 unspecified atom stereocenters. The minimum Gasteiger partial charge on any atom is -0.488 e. The third kappa shape index (κ3) is 4.06. The smallest absolute Gasteiger partial charge is 0.255 e. The van der Waals surface area contributed by atoms with Gasteiger partial charge in [0.15, 0.2) is 0 Å². The molecule has 1 N–H and O–H groups in total. The third-order valence-corrected chi connectivity index (χ3v) is 5.29. The molecule has 0 aliphatic rings. The summed E-state index contributed by atoms with van der Waals surface area (Å²) in [5, 5.41) is 9.06.